The van der Waals surface area contributed by atoms with Crippen molar-refractivity contribution < 1.29 is 6.85 Å². The summed E-state index contributed by atoms with van der Waals surface area (Å²) in [5, 5.41) is 3.81. The van der Waals surface area contributed by atoms with Crippen molar-refractivity contribution in [1.29, 1.82) is 0 Å². The topological polar surface area (TPSA) is 17.8 Å². The summed E-state index contributed by atoms with van der Waals surface area (Å²) in [6.07, 6.45) is -0.678. The van der Waals surface area contributed by atoms with Gasteiger partial charge in [-0.2, -0.15) is 5.10 Å². The van der Waals surface area contributed by atoms with Gasteiger partial charge < -0.3 is 0 Å². The standard InChI is InChI=1S/C10H9BrN2/c1-8-6-12-13(7-8)10-5-3-2-4-9(10)11/h2-7H,1H3/i1D3,6D,7D. The molecule has 0 aliphatic carbocycles. The fourth-order valence-corrected chi connectivity index (χ4v) is 1.45. The summed E-state index contributed by atoms with van der Waals surface area (Å²) >= 11 is 3.31. The Hall–Kier alpha value is -1.09. The van der Waals surface area contributed by atoms with Gasteiger partial charge in [0, 0.05) is 14.8 Å². The van der Waals surface area contributed by atoms with E-state index in [1.54, 1.807) is 24.3 Å². The van der Waals surface area contributed by atoms with Crippen LogP contribution in [-0.4, -0.2) is 9.78 Å². The van der Waals surface area contributed by atoms with Gasteiger partial charge in [-0.05, 0) is 40.5 Å². The first-order valence-corrected chi connectivity index (χ1v) is 4.43. The highest BCUT2D eigenvalue weighted by Crippen LogP contribution is 2.19. The van der Waals surface area contributed by atoms with Gasteiger partial charge in [-0.1, -0.05) is 12.1 Å². The number of aromatic nitrogens is 2. The van der Waals surface area contributed by atoms with Crippen LogP contribution >= 0.6 is 15.9 Å². The molecule has 0 spiro atoms. The molecule has 1 heterocycles. The van der Waals surface area contributed by atoms with Crippen LogP contribution in [0.5, 0.6) is 0 Å². The molecule has 0 bridgehead atoms. The molecule has 0 atom stereocenters. The zero-order chi connectivity index (χ0) is 13.5. The molecule has 0 amide bonds. The summed E-state index contributed by atoms with van der Waals surface area (Å²) in [5.41, 5.74) is 0.199. The molecule has 13 heavy (non-hydrogen) atoms. The Morgan fingerprint density at radius 1 is 1.54 bits per heavy atom. The quantitative estimate of drug-likeness (QED) is 0.751. The molecule has 0 saturated heterocycles. The van der Waals surface area contributed by atoms with E-state index in [2.05, 4.69) is 21.0 Å². The van der Waals surface area contributed by atoms with Gasteiger partial charge in [0.2, 0.25) is 0 Å². The number of nitrogens with zero attached hydrogens (tertiary/aromatic N) is 2. The number of rotatable bonds is 1. The highest BCUT2D eigenvalue weighted by Gasteiger charge is 2.00. The van der Waals surface area contributed by atoms with Gasteiger partial charge in [0.1, 0.15) is 0 Å². The second kappa shape index (κ2) is 3.34. The van der Waals surface area contributed by atoms with Gasteiger partial charge in [-0.15, -0.1) is 0 Å². The van der Waals surface area contributed by atoms with Crippen molar-refractivity contribution in [2.75, 3.05) is 0 Å². The van der Waals surface area contributed by atoms with E-state index in [0.29, 0.717) is 10.2 Å². The third-order valence-corrected chi connectivity index (χ3v) is 2.23. The molecule has 66 valence electrons. The van der Waals surface area contributed by atoms with Crippen molar-refractivity contribution >= 4 is 15.9 Å². The molecule has 0 N–H and O–H groups in total. The zero-order valence-corrected chi connectivity index (χ0v) is 8.17. The van der Waals surface area contributed by atoms with Crippen LogP contribution in [-0.2, 0) is 0 Å². The molecule has 0 radical (unpaired) electrons. The van der Waals surface area contributed by atoms with Crippen LogP contribution in [0.15, 0.2) is 41.1 Å². The first-order valence-electron chi connectivity index (χ1n) is 6.14. The van der Waals surface area contributed by atoms with Gasteiger partial charge in [-0.3, -0.25) is 0 Å². The molecule has 2 aromatic rings. The number of benzene rings is 1. The smallest absolute Gasteiger partial charge is 0.0863 e. The fourth-order valence-electron chi connectivity index (χ4n) is 0.993. The van der Waals surface area contributed by atoms with Crippen LogP contribution in [0.2, 0.25) is 0 Å². The van der Waals surface area contributed by atoms with E-state index in [4.69, 9.17) is 6.85 Å². The van der Waals surface area contributed by atoms with Crippen molar-refractivity contribution in [3.8, 4) is 5.69 Å². The molecule has 0 unspecified atom stereocenters. The van der Waals surface area contributed by atoms with Crippen molar-refractivity contribution in [2.45, 2.75) is 6.85 Å². The van der Waals surface area contributed by atoms with E-state index in [0.717, 1.165) is 4.68 Å². The molecule has 2 rings (SSSR count). The lowest BCUT2D eigenvalue weighted by Crippen LogP contribution is -1.94. The molecule has 0 fully saturated rings. The summed E-state index contributed by atoms with van der Waals surface area (Å²) in [4.78, 5) is 0. The average molecular weight is 242 g/mol. The van der Waals surface area contributed by atoms with Crippen LogP contribution in [0.1, 0.15) is 12.4 Å². The molecule has 1 aromatic carbocycles. The van der Waals surface area contributed by atoms with Gasteiger partial charge in [0.05, 0.1) is 14.6 Å². The maximum absolute atomic E-state index is 7.86. The van der Waals surface area contributed by atoms with Crippen LogP contribution in [0.25, 0.3) is 5.69 Å². The zero-order valence-electron chi connectivity index (χ0n) is 11.6. The molecule has 0 aliphatic heterocycles. The Balaban J connectivity index is 2.66. The van der Waals surface area contributed by atoms with E-state index < -0.39 is 13.0 Å². The molecular formula is C10H9BrN2. The van der Waals surface area contributed by atoms with Crippen LogP contribution < -0.4 is 0 Å². The highest BCUT2D eigenvalue weighted by atomic mass is 79.9. The lowest BCUT2D eigenvalue weighted by atomic mass is 10.3. The Morgan fingerprint density at radius 3 is 3.08 bits per heavy atom. The number of para-hydroxylation sites is 1. The number of hydrogen-bond acceptors (Lipinski definition) is 1. The van der Waals surface area contributed by atoms with E-state index in [9.17, 15) is 0 Å². The largest absolute Gasteiger partial charge is 0.240 e. The van der Waals surface area contributed by atoms with Gasteiger partial charge in [0.15, 0.2) is 0 Å². The maximum Gasteiger partial charge on any atom is 0.0863 e. The number of hydrogen-bond donors (Lipinski definition) is 0. The van der Waals surface area contributed by atoms with Crippen LogP contribution in [0.4, 0.5) is 0 Å². The number of halogens is 1. The molecule has 0 saturated carbocycles. The second-order valence-corrected chi connectivity index (χ2v) is 3.32. The first kappa shape index (κ1) is 4.42. The Bertz CT molecular complexity index is 590. The van der Waals surface area contributed by atoms with E-state index in [-0.39, 0.29) is 11.7 Å². The van der Waals surface area contributed by atoms with Gasteiger partial charge in [-0.25, -0.2) is 4.68 Å². The Morgan fingerprint density at radius 2 is 2.38 bits per heavy atom. The summed E-state index contributed by atoms with van der Waals surface area (Å²) in [7, 11) is 0. The SMILES string of the molecule is [2H]c1nn(-c2ccccc2Br)c([2H])c1C([2H])([2H])[2H]. The lowest BCUT2D eigenvalue weighted by Gasteiger charge is -2.02. The second-order valence-electron chi connectivity index (χ2n) is 2.46. The molecular weight excluding hydrogens is 228 g/mol. The van der Waals surface area contributed by atoms with E-state index in [1.165, 1.54) is 0 Å². The molecule has 0 aliphatic rings. The average Bonchev–Trinajstić information content (AvgIpc) is 2.54. The lowest BCUT2D eigenvalue weighted by molar-refractivity contribution is 0.876. The predicted octanol–water partition coefficient (Wildman–Crippen LogP) is 2.94. The van der Waals surface area contributed by atoms with E-state index >= 15 is 0 Å². The minimum atomic E-state index is -2.51. The van der Waals surface area contributed by atoms with Crippen molar-refractivity contribution in [3.63, 3.8) is 0 Å². The minimum absolute atomic E-state index is 0.285. The summed E-state index contributed by atoms with van der Waals surface area (Å²) in [6.45, 7) is -2.51. The molecule has 3 heteroatoms. The van der Waals surface area contributed by atoms with Crippen LogP contribution in [0.3, 0.4) is 0 Å². The van der Waals surface area contributed by atoms with Crippen molar-refractivity contribution in [2.24, 2.45) is 0 Å². The Kier molecular flexibility index (Phi) is 1.14. The predicted molar refractivity (Wildman–Crippen MR) is 56.0 cm³/mol. The van der Waals surface area contributed by atoms with Crippen LogP contribution in [0, 0.1) is 6.85 Å². The van der Waals surface area contributed by atoms with Crippen molar-refractivity contribution in [1.82, 2.24) is 9.78 Å². The molecule has 2 nitrogen and oxygen atoms in total. The first-order chi connectivity index (χ1) is 8.32. The minimum Gasteiger partial charge on any atom is -0.240 e. The maximum atomic E-state index is 7.86. The van der Waals surface area contributed by atoms with Crippen molar-refractivity contribution in [3.05, 3.63) is 46.6 Å². The summed E-state index contributed by atoms with van der Waals surface area (Å²) in [6, 6.07) is 7.00. The Labute approximate surface area is 92.4 Å². The van der Waals surface area contributed by atoms with Gasteiger partial charge >= 0.3 is 0 Å². The summed E-state index contributed by atoms with van der Waals surface area (Å²) in [5.74, 6) is 0. The highest BCUT2D eigenvalue weighted by molar-refractivity contribution is 9.10. The summed E-state index contributed by atoms with van der Waals surface area (Å²) < 4.78 is 39.2. The van der Waals surface area contributed by atoms with E-state index in [1.807, 2.05) is 0 Å². The fraction of sp³-hybridized carbons (Fsp3) is 0.100. The third kappa shape index (κ3) is 1.65. The third-order valence-electron chi connectivity index (χ3n) is 1.56. The van der Waals surface area contributed by atoms with Gasteiger partial charge in [0.25, 0.3) is 0 Å². The monoisotopic (exact) mass is 241 g/mol. The molecule has 1 aromatic heterocycles. The normalized spacial score (nSPS) is 16.8.